The Hall–Kier alpha value is -4.86. The molecule has 4 aliphatic rings. The number of benzene rings is 1. The Labute approximate surface area is 320 Å². The molecule has 16 heteroatoms. The van der Waals surface area contributed by atoms with E-state index in [0.29, 0.717) is 24.0 Å². The van der Waals surface area contributed by atoms with Gasteiger partial charge in [-0.2, -0.15) is 0 Å². The van der Waals surface area contributed by atoms with Crippen molar-refractivity contribution in [2.24, 2.45) is 17.3 Å². The maximum atomic E-state index is 14.4. The predicted molar refractivity (Wildman–Crippen MR) is 195 cm³/mol. The molecule has 2 aliphatic heterocycles. The number of ketones is 1. The highest BCUT2D eigenvalue weighted by molar-refractivity contribution is 7.90. The van der Waals surface area contributed by atoms with E-state index in [2.05, 4.69) is 11.3 Å². The number of nitrogens with zero attached hydrogens (tertiary/aromatic N) is 2. The molecule has 1 N–H and O–H groups in total. The lowest BCUT2D eigenvalue weighted by atomic mass is 9.91. The maximum absolute atomic E-state index is 14.4. The smallest absolute Gasteiger partial charge is 0.410 e. The third-order valence-corrected chi connectivity index (χ3v) is 11.9. The van der Waals surface area contributed by atoms with Crippen molar-refractivity contribution in [3.05, 3.63) is 72.1 Å². The van der Waals surface area contributed by atoms with E-state index in [1.165, 1.54) is 29.2 Å². The monoisotopic (exact) mass is 785 g/mol. The third kappa shape index (κ3) is 10.1. The molecule has 5 rings (SSSR count). The number of rotatable bonds is 15. The van der Waals surface area contributed by atoms with Crippen LogP contribution in [0.2, 0.25) is 0 Å². The standard InChI is InChI=1S/C39H48FN3O11S/c1-6-8-9-13-33(45)52-23-25(16-34(46)54-38(3,4)5)35(47)43-21-27(53-37(49)42-20-24-11-10-12-30(40)29(24)22-42)17-31(43)32(44)19-39(18-26(39)7-2)36(48)41-55(50,51)28-14-15-28/h6-13,25-28,31H,2,14-23H2,1,3-5H3,(H,41,48)/b8-6+,13-9+/t25-,26+,27+,31-,39+/m0/s1. The molecule has 3 fully saturated rings. The van der Waals surface area contributed by atoms with Crippen LogP contribution in [-0.4, -0.2) is 90.0 Å². The van der Waals surface area contributed by atoms with Gasteiger partial charge < -0.3 is 19.1 Å². The second-order valence-corrected chi connectivity index (χ2v) is 17.5. The summed E-state index contributed by atoms with van der Waals surface area (Å²) >= 11 is 0. The summed E-state index contributed by atoms with van der Waals surface area (Å²) in [6.07, 6.45) is 5.31. The number of hydrogen-bond donors (Lipinski definition) is 1. The summed E-state index contributed by atoms with van der Waals surface area (Å²) in [5.74, 6) is -6.07. The van der Waals surface area contributed by atoms with Crippen molar-refractivity contribution < 1.29 is 55.8 Å². The molecule has 3 amide bonds. The average molecular weight is 786 g/mol. The summed E-state index contributed by atoms with van der Waals surface area (Å²) < 4.78 is 58.5. The van der Waals surface area contributed by atoms with Gasteiger partial charge in [0.1, 0.15) is 24.1 Å². The van der Waals surface area contributed by atoms with Gasteiger partial charge in [-0.3, -0.25) is 28.8 Å². The zero-order valence-electron chi connectivity index (χ0n) is 31.5. The number of Topliss-reactive ketones (excluding diaryl/α,β-unsaturated/α-hetero) is 1. The number of amides is 3. The number of carbonyl (C=O) groups is 6. The van der Waals surface area contributed by atoms with Gasteiger partial charge in [-0.15, -0.1) is 6.58 Å². The van der Waals surface area contributed by atoms with E-state index in [4.69, 9.17) is 14.2 Å². The molecule has 0 bridgehead atoms. The summed E-state index contributed by atoms with van der Waals surface area (Å²) in [6, 6.07) is 3.24. The lowest BCUT2D eigenvalue weighted by Crippen LogP contribution is -2.47. The molecule has 2 aliphatic carbocycles. The second kappa shape index (κ2) is 16.5. The summed E-state index contributed by atoms with van der Waals surface area (Å²) in [6.45, 7) is 9.61. The zero-order chi connectivity index (χ0) is 40.3. The molecule has 298 valence electrons. The molecule has 14 nitrogen and oxygen atoms in total. The molecule has 1 saturated heterocycles. The van der Waals surface area contributed by atoms with Gasteiger partial charge in [0.05, 0.1) is 42.1 Å². The van der Waals surface area contributed by atoms with Crippen LogP contribution in [0.1, 0.15) is 77.3 Å². The first kappa shape index (κ1) is 41.3. The number of fused-ring (bicyclic) bond motifs is 1. The molecule has 2 heterocycles. The van der Waals surface area contributed by atoms with Crippen LogP contribution in [0.4, 0.5) is 9.18 Å². The second-order valence-electron chi connectivity index (χ2n) is 15.5. The SMILES string of the molecule is C=C[C@@H]1C[C@]1(CC(=O)[C@@H]1C[C@@H](OC(=O)N2Cc3cccc(F)c3C2)CN1C(=O)[C@H](COC(=O)/C=C/C=C/C)CC(=O)OC(C)(C)C)C(=O)NS(=O)(=O)C1CC1. The molecular weight excluding hydrogens is 738 g/mol. The van der Waals surface area contributed by atoms with Gasteiger partial charge in [0.2, 0.25) is 21.8 Å². The molecule has 0 aromatic heterocycles. The lowest BCUT2D eigenvalue weighted by Gasteiger charge is -2.29. The Balaban J connectivity index is 1.39. The number of allylic oxidation sites excluding steroid dienone is 4. The number of hydrogen-bond acceptors (Lipinski definition) is 11. The quantitative estimate of drug-likeness (QED) is 0.0891. The fourth-order valence-electron chi connectivity index (χ4n) is 6.98. The Bertz CT molecular complexity index is 1900. The number of esters is 2. The molecule has 1 aromatic carbocycles. The first-order valence-electron chi connectivity index (χ1n) is 18.3. The summed E-state index contributed by atoms with van der Waals surface area (Å²) in [7, 11) is -3.94. The number of ether oxygens (including phenoxy) is 3. The van der Waals surface area contributed by atoms with Crippen LogP contribution in [-0.2, 0) is 61.3 Å². The highest BCUT2D eigenvalue weighted by Gasteiger charge is 2.61. The predicted octanol–water partition coefficient (Wildman–Crippen LogP) is 4.03. The summed E-state index contributed by atoms with van der Waals surface area (Å²) in [5.41, 5.74) is -1.37. The van der Waals surface area contributed by atoms with Crippen LogP contribution in [0.25, 0.3) is 0 Å². The molecule has 0 radical (unpaired) electrons. The molecule has 2 saturated carbocycles. The molecule has 55 heavy (non-hydrogen) atoms. The van der Waals surface area contributed by atoms with Gasteiger partial charge in [-0.1, -0.05) is 36.4 Å². The van der Waals surface area contributed by atoms with E-state index >= 15 is 0 Å². The van der Waals surface area contributed by atoms with Gasteiger partial charge in [0.25, 0.3) is 0 Å². The fraction of sp³-hybridized carbons (Fsp3) is 0.538. The maximum Gasteiger partial charge on any atom is 0.410 e. The van der Waals surface area contributed by atoms with Gasteiger partial charge in [0.15, 0.2) is 5.78 Å². The van der Waals surface area contributed by atoms with Gasteiger partial charge >= 0.3 is 18.0 Å². The molecular formula is C39H48FN3O11S. The largest absolute Gasteiger partial charge is 0.462 e. The van der Waals surface area contributed by atoms with Crippen molar-refractivity contribution in [1.29, 1.82) is 0 Å². The fourth-order valence-corrected chi connectivity index (χ4v) is 8.36. The highest BCUT2D eigenvalue weighted by atomic mass is 32.2. The minimum Gasteiger partial charge on any atom is -0.462 e. The Morgan fingerprint density at radius 2 is 1.84 bits per heavy atom. The van der Waals surface area contributed by atoms with Crippen LogP contribution in [0, 0.1) is 23.1 Å². The van der Waals surface area contributed by atoms with Crippen molar-refractivity contribution in [1.82, 2.24) is 14.5 Å². The van der Waals surface area contributed by atoms with Gasteiger partial charge in [-0.05, 0) is 64.5 Å². The summed E-state index contributed by atoms with van der Waals surface area (Å²) in [5, 5.41) is -0.682. The van der Waals surface area contributed by atoms with E-state index in [0.717, 1.165) is 11.0 Å². The van der Waals surface area contributed by atoms with E-state index in [-0.39, 0.29) is 32.5 Å². The van der Waals surface area contributed by atoms with E-state index in [1.54, 1.807) is 45.9 Å². The Morgan fingerprint density at radius 1 is 1.11 bits per heavy atom. The first-order valence-corrected chi connectivity index (χ1v) is 19.8. The zero-order valence-corrected chi connectivity index (χ0v) is 32.3. The Morgan fingerprint density at radius 3 is 2.45 bits per heavy atom. The summed E-state index contributed by atoms with van der Waals surface area (Å²) in [4.78, 5) is 83.5. The van der Waals surface area contributed by atoms with Crippen molar-refractivity contribution >= 4 is 45.7 Å². The van der Waals surface area contributed by atoms with Crippen molar-refractivity contribution in [2.45, 2.75) is 102 Å². The number of sulfonamides is 1. The molecule has 0 unspecified atom stereocenters. The van der Waals surface area contributed by atoms with Crippen LogP contribution in [0.5, 0.6) is 0 Å². The first-order chi connectivity index (χ1) is 25.9. The van der Waals surface area contributed by atoms with E-state index in [9.17, 15) is 41.6 Å². The minimum atomic E-state index is -3.94. The van der Waals surface area contributed by atoms with Crippen molar-refractivity contribution in [3.63, 3.8) is 0 Å². The minimum absolute atomic E-state index is 0.0469. The Kier molecular flexibility index (Phi) is 12.4. The van der Waals surface area contributed by atoms with Crippen LogP contribution in [0.3, 0.4) is 0 Å². The van der Waals surface area contributed by atoms with Crippen LogP contribution in [0.15, 0.2) is 55.2 Å². The third-order valence-electron chi connectivity index (χ3n) is 10.1. The number of halogens is 1. The van der Waals surface area contributed by atoms with Gasteiger partial charge in [-0.25, -0.2) is 22.4 Å². The molecule has 5 atom stereocenters. The van der Waals surface area contributed by atoms with E-state index < -0.39 is 111 Å². The topological polar surface area (TPSA) is 183 Å². The van der Waals surface area contributed by atoms with Crippen LogP contribution < -0.4 is 4.72 Å². The molecule has 1 aromatic rings. The van der Waals surface area contributed by atoms with Crippen molar-refractivity contribution in [2.75, 3.05) is 13.2 Å². The average Bonchev–Trinajstić information content (AvgIpc) is 4.00. The van der Waals surface area contributed by atoms with Gasteiger partial charge in [0, 0.05) is 31.0 Å². The normalized spacial score (nSPS) is 24.0. The lowest BCUT2D eigenvalue weighted by molar-refractivity contribution is -0.161. The molecule has 0 spiro atoms. The van der Waals surface area contributed by atoms with Crippen LogP contribution >= 0.6 is 0 Å². The van der Waals surface area contributed by atoms with E-state index in [1.807, 2.05) is 0 Å². The number of nitrogens with one attached hydrogen (secondary N) is 1. The number of carbonyl (C=O) groups excluding carboxylic acids is 6. The van der Waals surface area contributed by atoms with Crippen molar-refractivity contribution in [3.8, 4) is 0 Å². The highest BCUT2D eigenvalue weighted by Crippen LogP contribution is 2.57. The number of likely N-dealkylation sites (tertiary alicyclic amines) is 1.